The Morgan fingerprint density at radius 1 is 1.40 bits per heavy atom. The summed E-state index contributed by atoms with van der Waals surface area (Å²) in [7, 11) is 1.54. The Balaban J connectivity index is 0.000000347. The van der Waals surface area contributed by atoms with Crippen molar-refractivity contribution in [1.29, 1.82) is 0 Å². The van der Waals surface area contributed by atoms with Crippen molar-refractivity contribution < 1.29 is 0 Å². The number of nitrogens with zero attached hydrogens (tertiary/aromatic N) is 4. The summed E-state index contributed by atoms with van der Waals surface area (Å²) >= 11 is 0. The van der Waals surface area contributed by atoms with Crippen LogP contribution in [-0.4, -0.2) is 39.5 Å². The van der Waals surface area contributed by atoms with Crippen LogP contribution in [-0.2, 0) is 0 Å². The molecule has 2 rings (SSSR count). The molecule has 0 aliphatic rings. The topological polar surface area (TPSA) is 131 Å². The smallest absolute Gasteiger partial charge is 0.185 e. The molecule has 0 saturated carbocycles. The molecule has 8 nitrogen and oxygen atoms in total. The Kier molecular flexibility index (Phi) is 5.95. The number of guanidine groups is 1. The molecule has 0 atom stereocenters. The largest absolute Gasteiger partial charge is 0.370 e. The summed E-state index contributed by atoms with van der Waals surface area (Å²) in [6.45, 7) is 6.67. The van der Waals surface area contributed by atoms with Crippen LogP contribution in [0.2, 0.25) is 0 Å². The van der Waals surface area contributed by atoms with Crippen LogP contribution in [0.25, 0.3) is 11.2 Å². The SMILES string of the molecule is C=C(C)CCNc1ncnc2nc[nH]c12.CN=C(N)N. The monoisotopic (exact) mass is 276 g/mol. The van der Waals surface area contributed by atoms with Crippen molar-refractivity contribution in [2.24, 2.45) is 16.5 Å². The molecule has 2 heterocycles. The van der Waals surface area contributed by atoms with Crippen LogP contribution >= 0.6 is 0 Å². The number of H-pyrrole nitrogens is 1. The highest BCUT2D eigenvalue weighted by atomic mass is 15.1. The third-order valence-corrected chi connectivity index (χ3v) is 2.33. The first-order valence-corrected chi connectivity index (χ1v) is 6.04. The standard InChI is InChI=1S/C10H13N5.C2H7N3/c1-7(2)3-4-11-9-8-10(13-5-12-8)15-6-14-9;1-5-2(3)4/h5-6H,1,3-4H2,2H3,(H2,11,12,13,14,15);1H3,(H4,3,4,5). The lowest BCUT2D eigenvalue weighted by Gasteiger charge is -2.04. The predicted molar refractivity (Wildman–Crippen MR) is 81.3 cm³/mol. The molecule has 0 amide bonds. The summed E-state index contributed by atoms with van der Waals surface area (Å²) in [5.74, 6) is 0.920. The first-order valence-electron chi connectivity index (χ1n) is 6.04. The molecular formula is C12H20N8. The Bertz CT molecular complexity index is 582. The maximum atomic E-state index is 4.82. The van der Waals surface area contributed by atoms with Crippen LogP contribution in [0.5, 0.6) is 0 Å². The fourth-order valence-corrected chi connectivity index (χ4v) is 1.29. The molecule has 0 aliphatic heterocycles. The third kappa shape index (κ3) is 4.92. The van der Waals surface area contributed by atoms with Gasteiger partial charge >= 0.3 is 0 Å². The van der Waals surface area contributed by atoms with Gasteiger partial charge in [0.15, 0.2) is 17.4 Å². The average molecular weight is 276 g/mol. The van der Waals surface area contributed by atoms with Crippen molar-refractivity contribution in [3.63, 3.8) is 0 Å². The van der Waals surface area contributed by atoms with Crippen LogP contribution in [0, 0.1) is 0 Å². The molecule has 8 heteroatoms. The van der Waals surface area contributed by atoms with Crippen LogP contribution < -0.4 is 16.8 Å². The number of nitrogens with one attached hydrogen (secondary N) is 2. The summed E-state index contributed by atoms with van der Waals surface area (Å²) in [5.41, 5.74) is 12.3. The second-order valence-corrected chi connectivity index (χ2v) is 4.11. The van der Waals surface area contributed by atoms with Gasteiger partial charge in [-0.15, -0.1) is 6.58 Å². The maximum absolute atomic E-state index is 4.82. The zero-order valence-electron chi connectivity index (χ0n) is 11.7. The van der Waals surface area contributed by atoms with E-state index in [2.05, 4.69) is 36.8 Å². The molecule has 0 fully saturated rings. The lowest BCUT2D eigenvalue weighted by molar-refractivity contribution is 0.990. The number of anilines is 1. The highest BCUT2D eigenvalue weighted by Gasteiger charge is 2.03. The first kappa shape index (κ1) is 15.4. The lowest BCUT2D eigenvalue weighted by Crippen LogP contribution is -2.21. The van der Waals surface area contributed by atoms with Gasteiger partial charge in [-0.3, -0.25) is 4.99 Å². The zero-order chi connectivity index (χ0) is 15.0. The van der Waals surface area contributed by atoms with Crippen molar-refractivity contribution in [3.8, 4) is 0 Å². The molecule has 0 aliphatic carbocycles. The molecule has 0 bridgehead atoms. The van der Waals surface area contributed by atoms with Crippen LogP contribution in [0.4, 0.5) is 5.82 Å². The van der Waals surface area contributed by atoms with Crippen molar-refractivity contribution in [1.82, 2.24) is 19.9 Å². The second kappa shape index (κ2) is 7.72. The van der Waals surface area contributed by atoms with E-state index >= 15 is 0 Å². The Morgan fingerprint density at radius 2 is 2.10 bits per heavy atom. The summed E-state index contributed by atoms with van der Waals surface area (Å²) in [5, 5.41) is 3.22. The van der Waals surface area contributed by atoms with E-state index in [4.69, 9.17) is 11.5 Å². The van der Waals surface area contributed by atoms with Crippen LogP contribution in [0.15, 0.2) is 29.8 Å². The van der Waals surface area contributed by atoms with Gasteiger partial charge in [0.25, 0.3) is 0 Å². The van der Waals surface area contributed by atoms with Gasteiger partial charge < -0.3 is 21.8 Å². The molecular weight excluding hydrogens is 256 g/mol. The van der Waals surface area contributed by atoms with Gasteiger partial charge in [-0.25, -0.2) is 15.0 Å². The van der Waals surface area contributed by atoms with Crippen molar-refractivity contribution in [3.05, 3.63) is 24.8 Å². The van der Waals surface area contributed by atoms with Gasteiger partial charge in [-0.1, -0.05) is 5.57 Å². The fraction of sp³-hybridized carbons (Fsp3) is 0.333. The number of fused-ring (bicyclic) bond motifs is 1. The third-order valence-electron chi connectivity index (χ3n) is 2.33. The van der Waals surface area contributed by atoms with Gasteiger partial charge in [0.1, 0.15) is 11.8 Å². The highest BCUT2D eigenvalue weighted by Crippen LogP contribution is 2.14. The van der Waals surface area contributed by atoms with Gasteiger partial charge in [0.2, 0.25) is 0 Å². The van der Waals surface area contributed by atoms with Gasteiger partial charge in [0, 0.05) is 13.6 Å². The van der Waals surface area contributed by atoms with E-state index < -0.39 is 0 Å². The molecule has 2 aromatic heterocycles. The van der Waals surface area contributed by atoms with Crippen LogP contribution in [0.1, 0.15) is 13.3 Å². The molecule has 0 saturated heterocycles. The fourth-order valence-electron chi connectivity index (χ4n) is 1.29. The predicted octanol–water partition coefficient (Wildman–Crippen LogP) is 0.621. The Hall–Kier alpha value is -2.64. The number of imidazole rings is 1. The van der Waals surface area contributed by atoms with Crippen molar-refractivity contribution in [2.75, 3.05) is 18.9 Å². The maximum Gasteiger partial charge on any atom is 0.185 e. The average Bonchev–Trinajstić information content (AvgIpc) is 2.88. The minimum atomic E-state index is 0.130. The normalized spacial score (nSPS) is 9.50. The van der Waals surface area contributed by atoms with Crippen molar-refractivity contribution >= 4 is 22.9 Å². The summed E-state index contributed by atoms with van der Waals surface area (Å²) in [4.78, 5) is 18.6. The van der Waals surface area contributed by atoms with Gasteiger partial charge in [0.05, 0.1) is 6.33 Å². The molecule has 2 aromatic rings. The van der Waals surface area contributed by atoms with E-state index in [0.717, 1.165) is 29.9 Å². The van der Waals surface area contributed by atoms with Gasteiger partial charge in [-0.05, 0) is 13.3 Å². The van der Waals surface area contributed by atoms with E-state index in [1.54, 1.807) is 6.33 Å². The molecule has 0 aromatic carbocycles. The molecule has 108 valence electrons. The van der Waals surface area contributed by atoms with E-state index in [1.807, 2.05) is 6.92 Å². The highest BCUT2D eigenvalue weighted by molar-refractivity contribution is 5.81. The molecule has 6 N–H and O–H groups in total. The van der Waals surface area contributed by atoms with E-state index in [9.17, 15) is 0 Å². The quantitative estimate of drug-likeness (QED) is 0.368. The number of hydrogen-bond acceptors (Lipinski definition) is 5. The second-order valence-electron chi connectivity index (χ2n) is 4.11. The molecule has 0 spiro atoms. The summed E-state index contributed by atoms with van der Waals surface area (Å²) < 4.78 is 0. The number of aromatic amines is 1. The number of aliphatic imine (C=N–C) groups is 1. The van der Waals surface area contributed by atoms with Crippen LogP contribution in [0.3, 0.4) is 0 Å². The zero-order valence-corrected chi connectivity index (χ0v) is 11.7. The number of nitrogens with two attached hydrogens (primary N) is 2. The Morgan fingerprint density at radius 3 is 2.70 bits per heavy atom. The summed E-state index contributed by atoms with van der Waals surface area (Å²) in [6.07, 6.45) is 4.05. The molecule has 0 unspecified atom stereocenters. The van der Waals surface area contributed by atoms with E-state index in [1.165, 1.54) is 13.4 Å². The minimum absolute atomic E-state index is 0.130. The number of aromatic nitrogens is 4. The minimum Gasteiger partial charge on any atom is -0.370 e. The van der Waals surface area contributed by atoms with E-state index in [0.29, 0.717) is 5.65 Å². The van der Waals surface area contributed by atoms with Crippen molar-refractivity contribution in [2.45, 2.75) is 13.3 Å². The molecule has 20 heavy (non-hydrogen) atoms. The van der Waals surface area contributed by atoms with E-state index in [-0.39, 0.29) is 5.96 Å². The number of hydrogen-bond donors (Lipinski definition) is 4. The number of rotatable bonds is 4. The molecule has 0 radical (unpaired) electrons. The summed E-state index contributed by atoms with van der Waals surface area (Å²) in [6, 6.07) is 0. The van der Waals surface area contributed by atoms with Gasteiger partial charge in [-0.2, -0.15) is 0 Å². The lowest BCUT2D eigenvalue weighted by atomic mass is 10.2. The first-order chi connectivity index (χ1) is 9.54. The Labute approximate surface area is 117 Å².